The van der Waals surface area contributed by atoms with Gasteiger partial charge in [0.2, 0.25) is 0 Å². The number of rotatable bonds is 3. The van der Waals surface area contributed by atoms with Crippen LogP contribution in [0.5, 0.6) is 0 Å². The molecular formula is C15H13Br2F. The van der Waals surface area contributed by atoms with Gasteiger partial charge in [-0.25, -0.2) is 4.39 Å². The minimum atomic E-state index is -0.221. The lowest BCUT2D eigenvalue weighted by molar-refractivity contribution is 0.618. The average molecular weight is 372 g/mol. The molecule has 0 aliphatic carbocycles. The SMILES string of the molecule is Cc1cccc(CC(Br)c2ccc(Br)c(F)c2)c1. The van der Waals surface area contributed by atoms with E-state index in [0.717, 1.165) is 12.0 Å². The van der Waals surface area contributed by atoms with E-state index in [9.17, 15) is 4.39 Å². The highest BCUT2D eigenvalue weighted by Gasteiger charge is 2.10. The fraction of sp³-hybridized carbons (Fsp3) is 0.200. The van der Waals surface area contributed by atoms with E-state index >= 15 is 0 Å². The second kappa shape index (κ2) is 5.98. The number of alkyl halides is 1. The molecule has 2 aromatic rings. The summed E-state index contributed by atoms with van der Waals surface area (Å²) in [6.07, 6.45) is 0.850. The standard InChI is InChI=1S/C15H13Br2F/c1-10-3-2-4-11(7-10)8-14(17)12-5-6-13(16)15(18)9-12/h2-7,9,14H,8H2,1H3. The van der Waals surface area contributed by atoms with Gasteiger partial charge in [-0.3, -0.25) is 0 Å². The molecule has 0 N–H and O–H groups in total. The molecule has 0 aromatic heterocycles. The first-order valence-electron chi connectivity index (χ1n) is 5.71. The Balaban J connectivity index is 2.16. The van der Waals surface area contributed by atoms with Crippen LogP contribution in [0, 0.1) is 12.7 Å². The van der Waals surface area contributed by atoms with Crippen molar-refractivity contribution in [2.45, 2.75) is 18.2 Å². The predicted molar refractivity (Wildman–Crippen MR) is 80.7 cm³/mol. The van der Waals surface area contributed by atoms with Crippen LogP contribution in [-0.2, 0) is 6.42 Å². The summed E-state index contributed by atoms with van der Waals surface area (Å²) < 4.78 is 14.0. The molecule has 0 spiro atoms. The smallest absolute Gasteiger partial charge is 0.137 e. The summed E-state index contributed by atoms with van der Waals surface area (Å²) in [6, 6.07) is 13.6. The molecule has 0 amide bonds. The fourth-order valence-electron chi connectivity index (χ4n) is 1.87. The molecule has 0 bridgehead atoms. The van der Waals surface area contributed by atoms with E-state index < -0.39 is 0 Å². The minimum absolute atomic E-state index is 0.127. The summed E-state index contributed by atoms with van der Waals surface area (Å²) in [7, 11) is 0. The first-order valence-corrected chi connectivity index (χ1v) is 7.41. The first-order chi connectivity index (χ1) is 8.56. The zero-order valence-electron chi connectivity index (χ0n) is 9.96. The molecule has 1 atom stereocenters. The van der Waals surface area contributed by atoms with Gasteiger partial charge in [-0.1, -0.05) is 51.8 Å². The van der Waals surface area contributed by atoms with Gasteiger partial charge in [-0.15, -0.1) is 0 Å². The normalized spacial score (nSPS) is 12.4. The molecule has 2 aromatic carbocycles. The van der Waals surface area contributed by atoms with Gasteiger partial charge in [-0.05, 0) is 52.5 Å². The van der Waals surface area contributed by atoms with Gasteiger partial charge < -0.3 is 0 Å². The third kappa shape index (κ3) is 3.42. The van der Waals surface area contributed by atoms with Crippen molar-refractivity contribution in [1.29, 1.82) is 0 Å². The maximum Gasteiger partial charge on any atom is 0.137 e. The van der Waals surface area contributed by atoms with Crippen molar-refractivity contribution in [2.75, 3.05) is 0 Å². The first kappa shape index (κ1) is 13.8. The van der Waals surface area contributed by atoms with Gasteiger partial charge in [0.15, 0.2) is 0 Å². The van der Waals surface area contributed by atoms with E-state index in [0.29, 0.717) is 4.47 Å². The number of aryl methyl sites for hydroxylation is 1. The molecule has 0 aliphatic heterocycles. The van der Waals surface area contributed by atoms with Gasteiger partial charge >= 0.3 is 0 Å². The number of hydrogen-bond acceptors (Lipinski definition) is 0. The summed E-state index contributed by atoms with van der Waals surface area (Å²) in [6.45, 7) is 2.08. The Labute approximate surface area is 123 Å². The molecule has 0 radical (unpaired) electrons. The molecule has 0 aliphatic rings. The third-order valence-electron chi connectivity index (χ3n) is 2.80. The lowest BCUT2D eigenvalue weighted by atomic mass is 10.0. The summed E-state index contributed by atoms with van der Waals surface area (Å²) in [4.78, 5) is 0.127. The topological polar surface area (TPSA) is 0 Å². The molecule has 0 saturated heterocycles. The highest BCUT2D eigenvalue weighted by atomic mass is 79.9. The Morgan fingerprint density at radius 2 is 1.94 bits per heavy atom. The molecule has 0 saturated carbocycles. The Kier molecular flexibility index (Phi) is 4.57. The van der Waals surface area contributed by atoms with Crippen LogP contribution in [-0.4, -0.2) is 0 Å². The summed E-state index contributed by atoms with van der Waals surface area (Å²) >= 11 is 6.79. The van der Waals surface area contributed by atoms with Gasteiger partial charge in [0.25, 0.3) is 0 Å². The Morgan fingerprint density at radius 1 is 1.17 bits per heavy atom. The zero-order chi connectivity index (χ0) is 13.1. The zero-order valence-corrected chi connectivity index (χ0v) is 13.1. The molecular weight excluding hydrogens is 359 g/mol. The van der Waals surface area contributed by atoms with Crippen molar-refractivity contribution in [3.8, 4) is 0 Å². The maximum absolute atomic E-state index is 13.5. The van der Waals surface area contributed by atoms with Crippen LogP contribution in [0.15, 0.2) is 46.9 Å². The third-order valence-corrected chi connectivity index (χ3v) is 4.30. The summed E-state index contributed by atoms with van der Waals surface area (Å²) in [5, 5.41) is 0. The average Bonchev–Trinajstić information content (AvgIpc) is 2.32. The Bertz CT molecular complexity index is 552. The fourth-order valence-corrected chi connectivity index (χ4v) is 2.78. The quantitative estimate of drug-likeness (QED) is 0.618. The van der Waals surface area contributed by atoms with Gasteiger partial charge in [0.05, 0.1) is 4.47 Å². The van der Waals surface area contributed by atoms with Gasteiger partial charge in [-0.2, -0.15) is 0 Å². The van der Waals surface area contributed by atoms with Crippen LogP contribution in [0.3, 0.4) is 0 Å². The van der Waals surface area contributed by atoms with Gasteiger partial charge in [0.1, 0.15) is 5.82 Å². The molecule has 18 heavy (non-hydrogen) atoms. The minimum Gasteiger partial charge on any atom is -0.206 e. The van der Waals surface area contributed by atoms with E-state index in [2.05, 4.69) is 57.0 Å². The highest BCUT2D eigenvalue weighted by molar-refractivity contribution is 9.10. The van der Waals surface area contributed by atoms with Crippen molar-refractivity contribution >= 4 is 31.9 Å². The number of benzene rings is 2. The molecule has 1 unspecified atom stereocenters. The van der Waals surface area contributed by atoms with E-state index in [-0.39, 0.29) is 10.6 Å². The van der Waals surface area contributed by atoms with Crippen LogP contribution >= 0.6 is 31.9 Å². The molecule has 2 rings (SSSR count). The van der Waals surface area contributed by atoms with Crippen LogP contribution in [0.25, 0.3) is 0 Å². The lowest BCUT2D eigenvalue weighted by Crippen LogP contribution is -1.96. The summed E-state index contributed by atoms with van der Waals surface area (Å²) in [5.74, 6) is -0.221. The molecule has 94 valence electrons. The monoisotopic (exact) mass is 370 g/mol. The molecule has 0 heterocycles. The molecule has 0 nitrogen and oxygen atoms in total. The van der Waals surface area contributed by atoms with Crippen molar-refractivity contribution < 1.29 is 4.39 Å². The van der Waals surface area contributed by atoms with Crippen LogP contribution < -0.4 is 0 Å². The van der Waals surface area contributed by atoms with E-state index in [1.165, 1.54) is 11.1 Å². The van der Waals surface area contributed by atoms with Crippen LogP contribution in [0.2, 0.25) is 0 Å². The Morgan fingerprint density at radius 3 is 2.61 bits per heavy atom. The maximum atomic E-state index is 13.5. The molecule has 0 fully saturated rings. The number of hydrogen-bond donors (Lipinski definition) is 0. The van der Waals surface area contributed by atoms with Crippen molar-refractivity contribution in [3.63, 3.8) is 0 Å². The van der Waals surface area contributed by atoms with Crippen molar-refractivity contribution in [1.82, 2.24) is 0 Å². The largest absolute Gasteiger partial charge is 0.206 e. The van der Waals surface area contributed by atoms with E-state index in [4.69, 9.17) is 0 Å². The van der Waals surface area contributed by atoms with Crippen molar-refractivity contribution in [3.05, 3.63) is 69.4 Å². The van der Waals surface area contributed by atoms with Crippen LogP contribution in [0.1, 0.15) is 21.5 Å². The van der Waals surface area contributed by atoms with E-state index in [1.807, 2.05) is 12.1 Å². The molecule has 3 heteroatoms. The number of halogens is 3. The second-order valence-electron chi connectivity index (χ2n) is 4.33. The van der Waals surface area contributed by atoms with Crippen molar-refractivity contribution in [2.24, 2.45) is 0 Å². The predicted octanol–water partition coefficient (Wildman–Crippen LogP) is 5.58. The highest BCUT2D eigenvalue weighted by Crippen LogP contribution is 2.29. The lowest BCUT2D eigenvalue weighted by Gasteiger charge is -2.11. The summed E-state index contributed by atoms with van der Waals surface area (Å²) in [5.41, 5.74) is 3.45. The van der Waals surface area contributed by atoms with Gasteiger partial charge in [0, 0.05) is 4.83 Å². The second-order valence-corrected chi connectivity index (χ2v) is 6.29. The van der Waals surface area contributed by atoms with E-state index in [1.54, 1.807) is 12.1 Å². The Hall–Kier alpha value is -0.670. The van der Waals surface area contributed by atoms with Crippen LogP contribution in [0.4, 0.5) is 4.39 Å².